The van der Waals surface area contributed by atoms with Crippen LogP contribution in [-0.4, -0.2) is 101 Å². The lowest BCUT2D eigenvalue weighted by molar-refractivity contribution is -0.136. The van der Waals surface area contributed by atoms with Crippen molar-refractivity contribution in [3.05, 3.63) is 106 Å². The molecule has 0 radical (unpaired) electrons. The van der Waals surface area contributed by atoms with E-state index in [0.717, 1.165) is 80.6 Å². The largest absolute Gasteiger partial charge is 0.508 e. The van der Waals surface area contributed by atoms with Crippen molar-refractivity contribution in [2.75, 3.05) is 55.7 Å². The highest BCUT2D eigenvalue weighted by Crippen LogP contribution is 2.49. The predicted molar refractivity (Wildman–Crippen MR) is 222 cm³/mol. The SMILES string of the molecule is O=C1CC[C@H](N2Cc3cc4c(cc3C2=O)OC[C@@H]2CN(CC3CCC5(CC3)CN(c3ncc([C@@H]6c7ccc(O)cc7CC[C@@H]6c6ccccc6)cn3)C5)CCN42)C(=O)N1. The molecule has 304 valence electrons. The van der Waals surface area contributed by atoms with Crippen LogP contribution in [0.15, 0.2) is 73.1 Å². The lowest BCUT2D eigenvalue weighted by Crippen LogP contribution is -2.59. The van der Waals surface area contributed by atoms with E-state index in [4.69, 9.17) is 14.7 Å². The molecule has 1 aromatic heterocycles. The quantitative estimate of drug-likeness (QED) is 0.246. The zero-order chi connectivity index (χ0) is 39.8. The third kappa shape index (κ3) is 6.50. The standard InChI is InChI=1S/C47H51N7O5/c55-35-7-9-37-31(18-35)6-8-36(30-4-2-1-3-5-30)43(37)33-21-48-46(49-22-33)52-27-47(28-52)14-12-29(13-15-47)23-51-16-17-53-34(25-51)26-59-41-20-38-32(19-40(41)53)24-54(45(38)58)39-10-11-42(56)50-44(39)57/h1-5,7,9,18-22,29,34,36,39,43,55H,6,8,10-17,23-28H2,(H,50,56,57)/t34-,36+,39-,43-/m0/s1. The number of imide groups is 1. The number of hydrogen-bond acceptors (Lipinski definition) is 10. The van der Waals surface area contributed by atoms with Crippen LogP contribution in [0.1, 0.15) is 95.0 Å². The fourth-order valence-electron chi connectivity index (χ4n) is 11.6. The lowest BCUT2D eigenvalue weighted by Gasteiger charge is -2.54. The van der Waals surface area contributed by atoms with Gasteiger partial charge in [-0.15, -0.1) is 0 Å². The van der Waals surface area contributed by atoms with Crippen LogP contribution in [-0.2, 0) is 22.6 Å². The Labute approximate surface area is 344 Å². The van der Waals surface area contributed by atoms with E-state index < -0.39 is 6.04 Å². The molecule has 4 aromatic rings. The van der Waals surface area contributed by atoms with E-state index in [9.17, 15) is 19.5 Å². The summed E-state index contributed by atoms with van der Waals surface area (Å²) in [5, 5.41) is 12.6. The molecule has 5 aliphatic heterocycles. The molecule has 59 heavy (non-hydrogen) atoms. The molecule has 1 spiro atoms. The van der Waals surface area contributed by atoms with Crippen LogP contribution in [0.3, 0.4) is 0 Å². The van der Waals surface area contributed by atoms with Gasteiger partial charge in [0.2, 0.25) is 17.8 Å². The summed E-state index contributed by atoms with van der Waals surface area (Å²) in [6.45, 7) is 7.00. The van der Waals surface area contributed by atoms with Gasteiger partial charge in [-0.3, -0.25) is 24.6 Å². The van der Waals surface area contributed by atoms with Crippen molar-refractivity contribution >= 4 is 29.4 Å². The van der Waals surface area contributed by atoms with Gasteiger partial charge in [0, 0.05) is 81.5 Å². The highest BCUT2D eigenvalue weighted by atomic mass is 16.5. The average Bonchev–Trinajstić information content (AvgIpc) is 3.56. The zero-order valence-electron chi connectivity index (χ0n) is 33.4. The molecule has 4 fully saturated rings. The van der Waals surface area contributed by atoms with Crippen LogP contribution in [0.4, 0.5) is 11.6 Å². The van der Waals surface area contributed by atoms with Crippen LogP contribution in [0.5, 0.6) is 11.5 Å². The number of piperazine rings is 1. The summed E-state index contributed by atoms with van der Waals surface area (Å²) in [4.78, 5) is 56.7. The third-order valence-electron chi connectivity index (χ3n) is 14.8. The summed E-state index contributed by atoms with van der Waals surface area (Å²) in [5.41, 5.74) is 7.87. The minimum atomic E-state index is -0.621. The van der Waals surface area contributed by atoms with E-state index in [0.29, 0.717) is 48.1 Å². The molecule has 7 aliphatic rings. The Balaban J connectivity index is 0.687. The first kappa shape index (κ1) is 36.6. The number of aromatic nitrogens is 2. The Morgan fingerprint density at radius 2 is 1.66 bits per heavy atom. The average molecular weight is 794 g/mol. The highest BCUT2D eigenvalue weighted by molar-refractivity contribution is 6.06. The van der Waals surface area contributed by atoms with Gasteiger partial charge in [-0.1, -0.05) is 36.4 Å². The highest BCUT2D eigenvalue weighted by Gasteiger charge is 2.47. The second kappa shape index (κ2) is 14.4. The van der Waals surface area contributed by atoms with Gasteiger partial charge < -0.3 is 24.5 Å². The molecule has 0 bridgehead atoms. The number of carbonyl (C=O) groups is 3. The molecular weight excluding hydrogens is 743 g/mol. The number of fused-ring (bicyclic) bond motifs is 5. The number of piperidine rings is 1. The van der Waals surface area contributed by atoms with E-state index in [2.05, 4.69) is 62.5 Å². The molecule has 12 heteroatoms. The molecule has 11 rings (SSSR count). The first-order chi connectivity index (χ1) is 28.8. The summed E-state index contributed by atoms with van der Waals surface area (Å²) < 4.78 is 6.31. The summed E-state index contributed by atoms with van der Waals surface area (Å²) in [7, 11) is 0. The molecule has 12 nitrogen and oxygen atoms in total. The number of nitrogens with one attached hydrogen (secondary N) is 1. The molecule has 3 amide bonds. The maximum absolute atomic E-state index is 13.4. The maximum Gasteiger partial charge on any atom is 0.255 e. The number of hydrogen-bond donors (Lipinski definition) is 2. The van der Waals surface area contributed by atoms with Crippen molar-refractivity contribution in [3.8, 4) is 11.5 Å². The van der Waals surface area contributed by atoms with Crippen molar-refractivity contribution in [3.63, 3.8) is 0 Å². The number of aromatic hydroxyl groups is 1. The van der Waals surface area contributed by atoms with Crippen LogP contribution >= 0.6 is 0 Å². The van der Waals surface area contributed by atoms with Gasteiger partial charge in [0.1, 0.15) is 24.1 Å². The molecule has 3 aromatic carbocycles. The summed E-state index contributed by atoms with van der Waals surface area (Å²) in [5.74, 6) is 2.24. The molecule has 2 aliphatic carbocycles. The molecule has 3 saturated heterocycles. The van der Waals surface area contributed by atoms with Gasteiger partial charge in [-0.2, -0.15) is 0 Å². The number of benzene rings is 3. The Bertz CT molecular complexity index is 2300. The van der Waals surface area contributed by atoms with Gasteiger partial charge in [0.05, 0.1) is 11.7 Å². The second-order valence-electron chi connectivity index (χ2n) is 18.3. The van der Waals surface area contributed by atoms with Crippen LogP contribution in [0, 0.1) is 11.3 Å². The number of phenolic OH excluding ortho intramolecular Hbond substituents is 1. The Hall–Kier alpha value is -5.49. The van der Waals surface area contributed by atoms with Gasteiger partial charge in [-0.25, -0.2) is 9.97 Å². The number of aryl methyl sites for hydroxylation is 1. The smallest absolute Gasteiger partial charge is 0.255 e. The maximum atomic E-state index is 13.4. The molecule has 0 unspecified atom stereocenters. The van der Waals surface area contributed by atoms with E-state index >= 15 is 0 Å². The van der Waals surface area contributed by atoms with Crippen molar-refractivity contribution < 1.29 is 24.2 Å². The van der Waals surface area contributed by atoms with Crippen LogP contribution in [0.25, 0.3) is 0 Å². The van der Waals surface area contributed by atoms with E-state index in [1.54, 1.807) is 4.90 Å². The van der Waals surface area contributed by atoms with Gasteiger partial charge >= 0.3 is 0 Å². The minimum absolute atomic E-state index is 0.144. The predicted octanol–water partition coefficient (Wildman–Crippen LogP) is 5.38. The van der Waals surface area contributed by atoms with Crippen molar-refractivity contribution in [2.24, 2.45) is 11.3 Å². The van der Waals surface area contributed by atoms with E-state index in [-0.39, 0.29) is 36.1 Å². The van der Waals surface area contributed by atoms with Crippen LogP contribution < -0.4 is 19.9 Å². The molecule has 4 atom stereocenters. The number of amides is 3. The number of anilines is 2. The van der Waals surface area contributed by atoms with Crippen molar-refractivity contribution in [1.82, 2.24) is 25.1 Å². The number of nitrogens with zero attached hydrogens (tertiary/aromatic N) is 6. The summed E-state index contributed by atoms with van der Waals surface area (Å²) in [6.07, 6.45) is 11.7. The first-order valence-electron chi connectivity index (χ1n) is 21.6. The Morgan fingerprint density at radius 1 is 0.847 bits per heavy atom. The number of carbonyl (C=O) groups excluding carboxylic acids is 3. The summed E-state index contributed by atoms with van der Waals surface area (Å²) >= 11 is 0. The fraction of sp³-hybridized carbons (Fsp3) is 0.468. The molecule has 2 N–H and O–H groups in total. The Morgan fingerprint density at radius 3 is 2.46 bits per heavy atom. The van der Waals surface area contributed by atoms with Crippen molar-refractivity contribution in [2.45, 2.75) is 81.8 Å². The molecular formula is C47H51N7O5. The van der Waals surface area contributed by atoms with Gasteiger partial charge in [0.15, 0.2) is 0 Å². The van der Waals surface area contributed by atoms with E-state index in [1.807, 2.05) is 30.6 Å². The number of rotatable bonds is 6. The number of phenols is 1. The lowest BCUT2D eigenvalue weighted by atomic mass is 9.66. The van der Waals surface area contributed by atoms with E-state index in [1.165, 1.54) is 42.4 Å². The van der Waals surface area contributed by atoms with Crippen LogP contribution in [0.2, 0.25) is 0 Å². The first-order valence-corrected chi connectivity index (χ1v) is 21.6. The van der Waals surface area contributed by atoms with Gasteiger partial charge in [0.25, 0.3) is 5.91 Å². The molecule has 6 heterocycles. The zero-order valence-corrected chi connectivity index (χ0v) is 33.4. The Kier molecular flexibility index (Phi) is 8.90. The normalized spacial score (nSPS) is 26.4. The number of ether oxygens (including phenoxy) is 1. The molecule has 1 saturated carbocycles. The van der Waals surface area contributed by atoms with Crippen molar-refractivity contribution in [1.29, 1.82) is 0 Å². The second-order valence-corrected chi connectivity index (χ2v) is 18.3. The van der Waals surface area contributed by atoms with Gasteiger partial charge in [-0.05, 0) is 109 Å². The third-order valence-corrected chi connectivity index (χ3v) is 14.8. The summed E-state index contributed by atoms with van der Waals surface area (Å²) in [6, 6.07) is 20.2. The topological polar surface area (TPSA) is 131 Å². The fourth-order valence-corrected chi connectivity index (χ4v) is 11.6. The minimum Gasteiger partial charge on any atom is -0.508 e. The monoisotopic (exact) mass is 793 g/mol.